The predicted molar refractivity (Wildman–Crippen MR) is 115 cm³/mol. The highest BCUT2D eigenvalue weighted by Crippen LogP contribution is 2.42. The largest absolute Gasteiger partial charge is 0.461 e. The summed E-state index contributed by atoms with van der Waals surface area (Å²) in [5.41, 5.74) is -1.53. The summed E-state index contributed by atoms with van der Waals surface area (Å²) in [6, 6.07) is 3.39. The number of anilines is 1. The van der Waals surface area contributed by atoms with Gasteiger partial charge < -0.3 is 34.4 Å². The first-order valence-corrected chi connectivity index (χ1v) is 10.4. The molecule has 5 rings (SSSR count). The molecule has 4 heterocycles. The number of methoxy groups -OCH3 is 1. The number of aromatic amines is 1. The number of H-pyrrole nitrogens is 1. The summed E-state index contributed by atoms with van der Waals surface area (Å²) in [5, 5.41) is 12.1. The summed E-state index contributed by atoms with van der Waals surface area (Å²) in [5.74, 6) is -2.39. The van der Waals surface area contributed by atoms with E-state index in [1.807, 2.05) is 0 Å². The lowest BCUT2D eigenvalue weighted by Crippen LogP contribution is -2.48. The van der Waals surface area contributed by atoms with Gasteiger partial charge in [-0.25, -0.2) is 23.1 Å². The van der Waals surface area contributed by atoms with Crippen LogP contribution in [0.25, 0.3) is 11.0 Å². The molecule has 12 heteroatoms. The van der Waals surface area contributed by atoms with Crippen LogP contribution in [0.1, 0.15) is 5.56 Å². The molecule has 2 aromatic heterocycles. The van der Waals surface area contributed by atoms with Gasteiger partial charge in [-0.1, -0.05) is 0 Å². The van der Waals surface area contributed by atoms with E-state index < -0.39 is 41.9 Å². The molecule has 0 spiro atoms. The number of hydrogen-bond acceptors (Lipinski definition) is 8. The quantitative estimate of drug-likeness (QED) is 0.500. The van der Waals surface area contributed by atoms with Crippen molar-refractivity contribution in [1.29, 1.82) is 0 Å². The van der Waals surface area contributed by atoms with Crippen LogP contribution in [0.3, 0.4) is 0 Å². The van der Waals surface area contributed by atoms with Crippen molar-refractivity contribution < 1.29 is 37.2 Å². The van der Waals surface area contributed by atoms with Gasteiger partial charge in [-0.15, -0.1) is 0 Å². The van der Waals surface area contributed by atoms with Crippen LogP contribution in [-0.2, 0) is 19.8 Å². The van der Waals surface area contributed by atoms with Crippen LogP contribution in [0.4, 0.5) is 18.9 Å². The number of halogens is 3. The molecule has 0 radical (unpaired) electrons. The van der Waals surface area contributed by atoms with Crippen LogP contribution in [0.15, 0.2) is 35.6 Å². The topological polar surface area (TPSA) is 110 Å². The monoisotopic (exact) mass is 478 g/mol. The molecular formula is C22H21F3N4O5. The molecule has 9 nitrogen and oxygen atoms in total. The van der Waals surface area contributed by atoms with Gasteiger partial charge in [0.1, 0.15) is 23.6 Å². The molecular weight excluding hydrogens is 457 g/mol. The van der Waals surface area contributed by atoms with Gasteiger partial charge in [0.25, 0.3) is 6.02 Å². The van der Waals surface area contributed by atoms with E-state index >= 15 is 0 Å². The lowest BCUT2D eigenvalue weighted by atomic mass is 9.91. The number of aliphatic hydroxyl groups is 1. The third-order valence-electron chi connectivity index (χ3n) is 5.81. The highest BCUT2D eigenvalue weighted by Gasteiger charge is 2.43. The van der Waals surface area contributed by atoms with Gasteiger partial charge in [-0.2, -0.15) is 0 Å². The van der Waals surface area contributed by atoms with E-state index in [2.05, 4.69) is 20.3 Å². The molecule has 1 unspecified atom stereocenters. The molecule has 34 heavy (non-hydrogen) atoms. The van der Waals surface area contributed by atoms with Crippen LogP contribution in [0, 0.1) is 11.6 Å². The van der Waals surface area contributed by atoms with Gasteiger partial charge in [0.15, 0.2) is 23.1 Å². The molecule has 0 bridgehead atoms. The minimum atomic E-state index is -1.99. The van der Waals surface area contributed by atoms with Crippen molar-refractivity contribution in [2.45, 2.75) is 11.3 Å². The van der Waals surface area contributed by atoms with Crippen molar-refractivity contribution in [3.05, 3.63) is 47.8 Å². The first-order valence-electron chi connectivity index (χ1n) is 10.4. The second-order valence-corrected chi connectivity index (χ2v) is 8.14. The Morgan fingerprint density at radius 1 is 1.24 bits per heavy atom. The smallest absolute Gasteiger partial charge is 0.289 e. The van der Waals surface area contributed by atoms with Crippen LogP contribution in [0.5, 0.6) is 11.5 Å². The van der Waals surface area contributed by atoms with Gasteiger partial charge in [0.2, 0.25) is 0 Å². The first-order chi connectivity index (χ1) is 16.4. The van der Waals surface area contributed by atoms with Crippen molar-refractivity contribution in [3.8, 4) is 11.5 Å². The number of alkyl halides is 1. The Morgan fingerprint density at radius 2 is 2.00 bits per heavy atom. The fraction of sp³-hybridized carbons (Fsp3) is 0.364. The SMILES string of the molecule is COC1(c2c[nH]c3nccc(Oc4c(F)cc(NC5=NCC(F)(CO)CO5)cc4F)c23)COC1. The number of aromatic nitrogens is 2. The average Bonchev–Trinajstić information content (AvgIpc) is 3.23. The Balaban J connectivity index is 1.42. The van der Waals surface area contributed by atoms with E-state index in [1.54, 1.807) is 13.3 Å². The zero-order chi connectivity index (χ0) is 23.9. The Bertz CT molecular complexity index is 1230. The maximum absolute atomic E-state index is 14.9. The average molecular weight is 478 g/mol. The second kappa shape index (κ2) is 8.46. The molecule has 1 saturated heterocycles. The fourth-order valence-corrected chi connectivity index (χ4v) is 3.78. The van der Waals surface area contributed by atoms with Gasteiger partial charge in [0.05, 0.1) is 31.8 Å². The summed E-state index contributed by atoms with van der Waals surface area (Å²) in [6.45, 7) is -0.887. The molecule has 3 N–H and O–H groups in total. The third-order valence-corrected chi connectivity index (χ3v) is 5.81. The standard InChI is InChI=1S/C22H21F3N4O5/c1-31-22(10-32-11-22)13-6-27-19-17(13)16(2-3-26-19)34-18-14(23)4-12(5-15(18)24)29-20-28-7-21(25,8-30)9-33-20/h2-6,30H,7-11H2,1H3,(H,26,27)(H,28,29). The highest BCUT2D eigenvalue weighted by atomic mass is 19.1. The molecule has 1 fully saturated rings. The van der Waals surface area contributed by atoms with Crippen molar-refractivity contribution in [2.75, 3.05) is 45.4 Å². The minimum Gasteiger partial charge on any atom is -0.461 e. The summed E-state index contributed by atoms with van der Waals surface area (Å²) in [4.78, 5) is 11.1. The van der Waals surface area contributed by atoms with Gasteiger partial charge in [0, 0.05) is 42.9 Å². The molecule has 3 aromatic rings. The van der Waals surface area contributed by atoms with Crippen molar-refractivity contribution in [2.24, 2.45) is 4.99 Å². The summed E-state index contributed by atoms with van der Waals surface area (Å²) < 4.78 is 65.5. The Morgan fingerprint density at radius 3 is 2.59 bits per heavy atom. The van der Waals surface area contributed by atoms with Crippen LogP contribution in [0.2, 0.25) is 0 Å². The number of amidine groups is 1. The maximum atomic E-state index is 14.9. The number of benzene rings is 1. The fourth-order valence-electron chi connectivity index (χ4n) is 3.78. The van der Waals surface area contributed by atoms with E-state index in [4.69, 9.17) is 24.1 Å². The summed E-state index contributed by atoms with van der Waals surface area (Å²) >= 11 is 0. The zero-order valence-electron chi connectivity index (χ0n) is 18.0. The van der Waals surface area contributed by atoms with Gasteiger partial charge in [-0.05, 0) is 6.07 Å². The number of aliphatic imine (C=N–C) groups is 1. The summed E-state index contributed by atoms with van der Waals surface area (Å²) in [6.07, 6.45) is 3.17. The predicted octanol–water partition coefficient (Wildman–Crippen LogP) is 3.00. The Kier molecular flexibility index (Phi) is 5.58. The number of nitrogens with zero attached hydrogens (tertiary/aromatic N) is 2. The third kappa shape index (κ3) is 3.83. The maximum Gasteiger partial charge on any atom is 0.289 e. The van der Waals surface area contributed by atoms with Crippen molar-refractivity contribution in [3.63, 3.8) is 0 Å². The lowest BCUT2D eigenvalue weighted by Gasteiger charge is -2.39. The highest BCUT2D eigenvalue weighted by molar-refractivity contribution is 5.90. The van der Waals surface area contributed by atoms with E-state index in [9.17, 15) is 13.2 Å². The van der Waals surface area contributed by atoms with E-state index in [0.29, 0.717) is 29.8 Å². The van der Waals surface area contributed by atoms with E-state index in [0.717, 1.165) is 12.1 Å². The van der Waals surface area contributed by atoms with Gasteiger partial charge >= 0.3 is 0 Å². The molecule has 2 aliphatic heterocycles. The molecule has 0 aliphatic carbocycles. The second-order valence-electron chi connectivity index (χ2n) is 8.14. The van der Waals surface area contributed by atoms with Gasteiger partial charge in [-0.3, -0.25) is 0 Å². The van der Waals surface area contributed by atoms with Crippen LogP contribution < -0.4 is 10.1 Å². The number of aliphatic hydroxyl groups excluding tert-OH is 1. The minimum absolute atomic E-state index is 0.0105. The first kappa shape index (κ1) is 22.4. The number of hydrogen-bond donors (Lipinski definition) is 3. The molecule has 1 aromatic carbocycles. The van der Waals surface area contributed by atoms with Crippen LogP contribution >= 0.6 is 0 Å². The number of fused-ring (bicyclic) bond motifs is 1. The Hall–Kier alpha value is -3.35. The van der Waals surface area contributed by atoms with Crippen molar-refractivity contribution in [1.82, 2.24) is 9.97 Å². The van der Waals surface area contributed by atoms with Crippen LogP contribution in [-0.4, -0.2) is 66.8 Å². The van der Waals surface area contributed by atoms with Crippen molar-refractivity contribution >= 4 is 22.7 Å². The Labute approximate surface area is 191 Å². The lowest BCUT2D eigenvalue weighted by molar-refractivity contribution is -0.201. The number of nitrogens with one attached hydrogen (secondary N) is 2. The normalized spacial score (nSPS) is 21.5. The molecule has 0 saturated carbocycles. The van der Waals surface area contributed by atoms with E-state index in [-0.39, 0.29) is 24.0 Å². The van der Waals surface area contributed by atoms with E-state index in [1.165, 1.54) is 12.3 Å². The number of ether oxygens (including phenoxy) is 4. The molecule has 2 aliphatic rings. The summed E-state index contributed by atoms with van der Waals surface area (Å²) in [7, 11) is 1.56. The molecule has 0 amide bonds. The molecule has 180 valence electrons. The number of pyridine rings is 1. The molecule has 1 atom stereocenters. The number of rotatable bonds is 6. The zero-order valence-corrected chi connectivity index (χ0v) is 18.0.